The summed E-state index contributed by atoms with van der Waals surface area (Å²) in [5.74, 6) is 0.805. The van der Waals surface area contributed by atoms with E-state index in [0.29, 0.717) is 11.5 Å². The Morgan fingerprint density at radius 1 is 1.21 bits per heavy atom. The molecule has 128 valence electrons. The van der Waals surface area contributed by atoms with Crippen LogP contribution in [0.25, 0.3) is 0 Å². The maximum atomic E-state index is 12.1. The zero-order chi connectivity index (χ0) is 17.7. The normalized spacial score (nSPS) is 11.6. The zero-order valence-electron chi connectivity index (χ0n) is 13.7. The van der Waals surface area contributed by atoms with Crippen molar-refractivity contribution in [1.29, 1.82) is 0 Å². The largest absolute Gasteiger partial charge is 0.497 e. The number of aromatic nitrogens is 2. The van der Waals surface area contributed by atoms with Crippen LogP contribution in [0.2, 0.25) is 0 Å². The van der Waals surface area contributed by atoms with E-state index < -0.39 is 17.0 Å². The van der Waals surface area contributed by atoms with Crippen molar-refractivity contribution >= 4 is 5.91 Å². The summed E-state index contributed by atoms with van der Waals surface area (Å²) in [4.78, 5) is 35.0. The fourth-order valence-electron chi connectivity index (χ4n) is 2.26. The number of amides is 1. The molecule has 2 aromatic rings. The summed E-state index contributed by atoms with van der Waals surface area (Å²) in [5, 5.41) is 5.07. The van der Waals surface area contributed by atoms with Crippen LogP contribution < -0.4 is 25.9 Å². The molecule has 24 heavy (non-hydrogen) atoms. The zero-order valence-corrected chi connectivity index (χ0v) is 13.7. The lowest BCUT2D eigenvalue weighted by atomic mass is 10.1. The van der Waals surface area contributed by atoms with Gasteiger partial charge in [0.1, 0.15) is 18.0 Å². The van der Waals surface area contributed by atoms with Crippen molar-refractivity contribution in [1.82, 2.24) is 15.1 Å². The smallest absolute Gasteiger partial charge is 0.265 e. The molecule has 0 aliphatic rings. The average molecular weight is 333 g/mol. The highest BCUT2D eigenvalue weighted by Crippen LogP contribution is 2.29. The highest BCUT2D eigenvalue weighted by atomic mass is 16.5. The molecule has 0 aliphatic carbocycles. The van der Waals surface area contributed by atoms with Crippen LogP contribution in [0.5, 0.6) is 11.5 Å². The van der Waals surface area contributed by atoms with Gasteiger partial charge in [-0.05, 0) is 19.1 Å². The summed E-state index contributed by atoms with van der Waals surface area (Å²) in [6.07, 6.45) is 0. The molecule has 0 radical (unpaired) electrons. The Kier molecular flexibility index (Phi) is 5.41. The number of carbonyl (C=O) groups excluding carboxylic acids is 1. The second-order valence-electron chi connectivity index (χ2n) is 5.13. The molecule has 1 amide bonds. The van der Waals surface area contributed by atoms with Gasteiger partial charge in [0, 0.05) is 23.8 Å². The minimum Gasteiger partial charge on any atom is -0.497 e. The van der Waals surface area contributed by atoms with Gasteiger partial charge >= 0.3 is 0 Å². The topological polar surface area (TPSA) is 102 Å². The van der Waals surface area contributed by atoms with Crippen molar-refractivity contribution in [2.45, 2.75) is 19.5 Å². The number of rotatable bonds is 6. The summed E-state index contributed by atoms with van der Waals surface area (Å²) in [6, 6.07) is 7.14. The van der Waals surface area contributed by atoms with Crippen LogP contribution in [0.1, 0.15) is 18.5 Å². The summed E-state index contributed by atoms with van der Waals surface area (Å²) < 4.78 is 11.4. The van der Waals surface area contributed by atoms with Gasteiger partial charge in [-0.15, -0.1) is 0 Å². The van der Waals surface area contributed by atoms with Gasteiger partial charge in [0.15, 0.2) is 0 Å². The summed E-state index contributed by atoms with van der Waals surface area (Å²) in [5.41, 5.74) is -0.146. The van der Waals surface area contributed by atoms with Gasteiger partial charge in [-0.25, -0.2) is 4.68 Å². The lowest BCUT2D eigenvalue weighted by Gasteiger charge is -2.18. The first kappa shape index (κ1) is 17.3. The maximum absolute atomic E-state index is 12.1. The van der Waals surface area contributed by atoms with Crippen LogP contribution in [0.4, 0.5) is 0 Å². The molecule has 0 fully saturated rings. The molecule has 8 nitrogen and oxygen atoms in total. The molecule has 1 unspecified atom stereocenters. The van der Waals surface area contributed by atoms with E-state index in [-0.39, 0.29) is 12.6 Å². The van der Waals surface area contributed by atoms with E-state index in [1.54, 1.807) is 32.2 Å². The Bertz CT molecular complexity index is 840. The molecule has 1 atom stereocenters. The van der Waals surface area contributed by atoms with Crippen LogP contribution in [0.15, 0.2) is 39.9 Å². The van der Waals surface area contributed by atoms with Gasteiger partial charge in [-0.1, -0.05) is 0 Å². The minimum atomic E-state index is -0.459. The van der Waals surface area contributed by atoms with Gasteiger partial charge in [-0.2, -0.15) is 0 Å². The van der Waals surface area contributed by atoms with Gasteiger partial charge < -0.3 is 14.8 Å². The maximum Gasteiger partial charge on any atom is 0.265 e. The fourth-order valence-corrected chi connectivity index (χ4v) is 2.26. The standard InChI is InChI=1S/C16H19N3O5/c1-10(12-5-4-11(23-2)8-13(12)24-3)17-15(21)9-19-16(22)7-6-14(20)18-19/h4-8,10H,9H2,1-3H3,(H,17,21)(H,18,20). The van der Waals surface area contributed by atoms with Crippen LogP contribution in [-0.4, -0.2) is 29.9 Å². The van der Waals surface area contributed by atoms with Crippen molar-refractivity contribution in [3.63, 3.8) is 0 Å². The summed E-state index contributed by atoms with van der Waals surface area (Å²) >= 11 is 0. The number of H-pyrrole nitrogens is 1. The van der Waals surface area contributed by atoms with Gasteiger partial charge in [0.05, 0.1) is 20.3 Å². The number of nitrogens with zero attached hydrogens (tertiary/aromatic N) is 1. The molecule has 0 aliphatic heterocycles. The molecule has 2 rings (SSSR count). The van der Waals surface area contributed by atoms with Crippen LogP contribution in [-0.2, 0) is 11.3 Å². The van der Waals surface area contributed by atoms with Crippen molar-refractivity contribution in [3.8, 4) is 11.5 Å². The Balaban J connectivity index is 2.13. The monoisotopic (exact) mass is 333 g/mol. The van der Waals surface area contributed by atoms with Gasteiger partial charge in [-0.3, -0.25) is 19.5 Å². The Morgan fingerprint density at radius 2 is 1.96 bits per heavy atom. The Hall–Kier alpha value is -3.03. The molecular formula is C16H19N3O5. The number of hydrogen-bond acceptors (Lipinski definition) is 5. The molecule has 2 N–H and O–H groups in total. The average Bonchev–Trinajstić information content (AvgIpc) is 2.57. The first-order valence-electron chi connectivity index (χ1n) is 7.26. The molecule has 0 bridgehead atoms. The Labute approximate surface area is 138 Å². The predicted octanol–water partition coefficient (Wildman–Crippen LogP) is 0.431. The van der Waals surface area contributed by atoms with Crippen LogP contribution in [0.3, 0.4) is 0 Å². The molecule has 8 heteroatoms. The third-order valence-corrected chi connectivity index (χ3v) is 3.47. The summed E-state index contributed by atoms with van der Waals surface area (Å²) in [6.45, 7) is 1.51. The van der Waals surface area contributed by atoms with Crippen LogP contribution >= 0.6 is 0 Å². The number of ether oxygens (including phenoxy) is 2. The lowest BCUT2D eigenvalue weighted by Crippen LogP contribution is -2.36. The predicted molar refractivity (Wildman–Crippen MR) is 87.4 cm³/mol. The lowest BCUT2D eigenvalue weighted by molar-refractivity contribution is -0.122. The highest BCUT2D eigenvalue weighted by molar-refractivity contribution is 5.76. The third kappa shape index (κ3) is 4.03. The van der Waals surface area contributed by atoms with E-state index in [1.807, 2.05) is 0 Å². The van der Waals surface area contributed by atoms with E-state index in [4.69, 9.17) is 9.47 Å². The van der Waals surface area contributed by atoms with E-state index in [0.717, 1.165) is 22.4 Å². The van der Waals surface area contributed by atoms with Crippen molar-refractivity contribution < 1.29 is 14.3 Å². The number of methoxy groups -OCH3 is 2. The number of hydrogen-bond donors (Lipinski definition) is 2. The SMILES string of the molecule is COc1ccc(C(C)NC(=O)Cn2[nH]c(=O)ccc2=O)c(OC)c1. The van der Waals surface area contributed by atoms with E-state index in [1.165, 1.54) is 7.11 Å². The Morgan fingerprint density at radius 3 is 2.62 bits per heavy atom. The second-order valence-corrected chi connectivity index (χ2v) is 5.13. The number of aromatic amines is 1. The van der Waals surface area contributed by atoms with Gasteiger partial charge in [0.25, 0.3) is 11.1 Å². The highest BCUT2D eigenvalue weighted by Gasteiger charge is 2.15. The van der Waals surface area contributed by atoms with Crippen molar-refractivity contribution in [2.24, 2.45) is 0 Å². The molecule has 0 saturated carbocycles. The van der Waals surface area contributed by atoms with Gasteiger partial charge in [0.2, 0.25) is 5.91 Å². The van der Waals surface area contributed by atoms with E-state index >= 15 is 0 Å². The molecule has 0 saturated heterocycles. The van der Waals surface area contributed by atoms with Crippen molar-refractivity contribution in [2.75, 3.05) is 14.2 Å². The first-order chi connectivity index (χ1) is 11.4. The molecule has 1 aromatic heterocycles. The summed E-state index contributed by atoms with van der Waals surface area (Å²) in [7, 11) is 3.08. The number of carbonyl (C=O) groups is 1. The number of benzene rings is 1. The molecular weight excluding hydrogens is 314 g/mol. The first-order valence-corrected chi connectivity index (χ1v) is 7.26. The van der Waals surface area contributed by atoms with E-state index in [2.05, 4.69) is 10.4 Å². The van der Waals surface area contributed by atoms with Crippen LogP contribution in [0, 0.1) is 0 Å². The second kappa shape index (κ2) is 7.49. The van der Waals surface area contributed by atoms with E-state index in [9.17, 15) is 14.4 Å². The number of nitrogens with one attached hydrogen (secondary N) is 2. The fraction of sp³-hybridized carbons (Fsp3) is 0.312. The third-order valence-electron chi connectivity index (χ3n) is 3.47. The molecule has 1 aromatic carbocycles. The minimum absolute atomic E-state index is 0.280. The quantitative estimate of drug-likeness (QED) is 0.798. The molecule has 0 spiro atoms. The van der Waals surface area contributed by atoms with Crippen molar-refractivity contribution in [3.05, 3.63) is 56.6 Å². The molecule has 1 heterocycles.